The lowest BCUT2D eigenvalue weighted by atomic mass is 10.1. The minimum Gasteiger partial charge on any atom is -0.494 e. The number of hydrogen-bond donors (Lipinski definition) is 1. The largest absolute Gasteiger partial charge is 0.494 e. The Morgan fingerprint density at radius 1 is 1.12 bits per heavy atom. The molecule has 0 aromatic heterocycles. The molecule has 0 unspecified atom stereocenters. The second-order valence-electron chi connectivity index (χ2n) is 6.54. The molecule has 0 saturated carbocycles. The van der Waals surface area contributed by atoms with Gasteiger partial charge in [-0.1, -0.05) is 18.5 Å². The first-order chi connectivity index (χ1) is 12.7. The molecule has 0 radical (unpaired) electrons. The highest BCUT2D eigenvalue weighted by atomic mass is 35.5. The predicted molar refractivity (Wildman–Crippen MR) is 108 cm³/mol. The second kappa shape index (κ2) is 8.95. The minimum atomic E-state index is -0.158. The molecular formula is C21H25ClN2O2. The molecule has 2 aromatic rings. The molecule has 0 bridgehead atoms. The first-order valence-electron chi connectivity index (χ1n) is 9.26. The van der Waals surface area contributed by atoms with Crippen molar-refractivity contribution in [2.24, 2.45) is 0 Å². The van der Waals surface area contributed by atoms with Crippen LogP contribution in [0, 0.1) is 0 Å². The molecule has 3 rings (SSSR count). The van der Waals surface area contributed by atoms with E-state index in [4.69, 9.17) is 16.3 Å². The fourth-order valence-corrected chi connectivity index (χ4v) is 3.40. The lowest BCUT2D eigenvalue weighted by Crippen LogP contribution is -2.29. The minimum absolute atomic E-state index is 0.158. The van der Waals surface area contributed by atoms with Crippen molar-refractivity contribution in [3.05, 3.63) is 53.1 Å². The first-order valence-corrected chi connectivity index (χ1v) is 9.64. The molecule has 0 aliphatic carbocycles. The molecule has 1 aliphatic rings. The van der Waals surface area contributed by atoms with Crippen molar-refractivity contribution in [2.45, 2.75) is 32.6 Å². The number of ether oxygens (including phenoxy) is 1. The summed E-state index contributed by atoms with van der Waals surface area (Å²) in [7, 11) is 0. The van der Waals surface area contributed by atoms with Crippen LogP contribution in [0.15, 0.2) is 42.5 Å². The van der Waals surface area contributed by atoms with Gasteiger partial charge in [0.1, 0.15) is 5.75 Å². The Labute approximate surface area is 160 Å². The molecule has 1 amide bonds. The summed E-state index contributed by atoms with van der Waals surface area (Å²) in [6.45, 7) is 4.81. The maximum atomic E-state index is 12.4. The zero-order valence-corrected chi connectivity index (χ0v) is 15.9. The summed E-state index contributed by atoms with van der Waals surface area (Å²) in [5.41, 5.74) is 2.33. The van der Waals surface area contributed by atoms with Crippen molar-refractivity contribution in [2.75, 3.05) is 29.9 Å². The summed E-state index contributed by atoms with van der Waals surface area (Å²) in [6.07, 6.45) is 4.64. The molecule has 4 nitrogen and oxygen atoms in total. The average Bonchev–Trinajstić information content (AvgIpc) is 2.67. The van der Waals surface area contributed by atoms with Gasteiger partial charge in [0.2, 0.25) is 0 Å². The highest BCUT2D eigenvalue weighted by molar-refractivity contribution is 6.33. The maximum absolute atomic E-state index is 12.4. The van der Waals surface area contributed by atoms with Crippen molar-refractivity contribution >= 4 is 28.9 Å². The van der Waals surface area contributed by atoms with Gasteiger partial charge in [-0.05, 0) is 68.1 Å². The fourth-order valence-electron chi connectivity index (χ4n) is 3.10. The van der Waals surface area contributed by atoms with Crippen molar-refractivity contribution < 1.29 is 9.53 Å². The summed E-state index contributed by atoms with van der Waals surface area (Å²) in [5, 5.41) is 3.58. The lowest BCUT2D eigenvalue weighted by Gasteiger charge is -2.29. The standard InChI is InChI=1S/C21H25ClN2O2/c1-2-14-26-18-9-6-16(7-10-18)21(25)23-17-8-11-20(19(22)15-17)24-12-4-3-5-13-24/h6-11,15H,2-5,12-14H2,1H3,(H,23,25). The van der Waals surface area contributed by atoms with Crippen LogP contribution < -0.4 is 15.0 Å². The quantitative estimate of drug-likeness (QED) is 0.740. The maximum Gasteiger partial charge on any atom is 0.255 e. The number of nitrogens with zero attached hydrogens (tertiary/aromatic N) is 1. The third-order valence-corrected chi connectivity index (χ3v) is 4.79. The van der Waals surface area contributed by atoms with Crippen LogP contribution in [-0.2, 0) is 0 Å². The summed E-state index contributed by atoms with van der Waals surface area (Å²) in [6, 6.07) is 12.9. The summed E-state index contributed by atoms with van der Waals surface area (Å²) >= 11 is 6.45. The third kappa shape index (κ3) is 4.70. The number of halogens is 1. The Morgan fingerprint density at radius 2 is 1.85 bits per heavy atom. The molecule has 1 heterocycles. The van der Waals surface area contributed by atoms with Crippen LogP contribution in [0.25, 0.3) is 0 Å². The normalized spacial score (nSPS) is 14.2. The first kappa shape index (κ1) is 18.6. The van der Waals surface area contributed by atoms with Gasteiger partial charge in [-0.2, -0.15) is 0 Å². The molecule has 1 saturated heterocycles. The van der Waals surface area contributed by atoms with Crippen LogP contribution >= 0.6 is 11.6 Å². The Bertz CT molecular complexity index is 740. The number of anilines is 2. The van der Waals surface area contributed by atoms with Crippen LogP contribution in [0.5, 0.6) is 5.75 Å². The van der Waals surface area contributed by atoms with Gasteiger partial charge in [-0.3, -0.25) is 4.79 Å². The van der Waals surface area contributed by atoms with E-state index < -0.39 is 0 Å². The Balaban J connectivity index is 1.64. The number of benzene rings is 2. The van der Waals surface area contributed by atoms with E-state index in [1.807, 2.05) is 30.3 Å². The van der Waals surface area contributed by atoms with E-state index in [0.717, 1.165) is 30.9 Å². The zero-order valence-electron chi connectivity index (χ0n) is 15.1. The molecule has 5 heteroatoms. The van der Waals surface area contributed by atoms with E-state index >= 15 is 0 Å². The SMILES string of the molecule is CCCOc1ccc(C(=O)Nc2ccc(N3CCCCC3)c(Cl)c2)cc1. The number of amides is 1. The fraction of sp³-hybridized carbons (Fsp3) is 0.381. The Hall–Kier alpha value is -2.20. The van der Waals surface area contributed by atoms with Crippen LogP contribution in [0.2, 0.25) is 5.02 Å². The van der Waals surface area contributed by atoms with Crippen molar-refractivity contribution in [1.82, 2.24) is 0 Å². The highest BCUT2D eigenvalue weighted by Gasteiger charge is 2.15. The van der Waals surface area contributed by atoms with Crippen molar-refractivity contribution in [3.8, 4) is 5.75 Å². The molecule has 0 spiro atoms. The predicted octanol–water partition coefficient (Wildman–Crippen LogP) is 5.37. The van der Waals surface area contributed by atoms with Gasteiger partial charge < -0.3 is 15.0 Å². The molecule has 1 fully saturated rings. The lowest BCUT2D eigenvalue weighted by molar-refractivity contribution is 0.102. The number of carbonyl (C=O) groups excluding carboxylic acids is 1. The summed E-state index contributed by atoms with van der Waals surface area (Å²) < 4.78 is 5.54. The molecular weight excluding hydrogens is 348 g/mol. The Kier molecular flexibility index (Phi) is 6.40. The third-order valence-electron chi connectivity index (χ3n) is 4.49. The molecule has 138 valence electrons. The van der Waals surface area contributed by atoms with Gasteiger partial charge in [0, 0.05) is 24.3 Å². The van der Waals surface area contributed by atoms with Crippen molar-refractivity contribution in [1.29, 1.82) is 0 Å². The summed E-state index contributed by atoms with van der Waals surface area (Å²) in [5.74, 6) is 0.617. The van der Waals surface area contributed by atoms with E-state index in [0.29, 0.717) is 22.9 Å². The number of carbonyl (C=O) groups is 1. The monoisotopic (exact) mass is 372 g/mol. The van der Waals surface area contributed by atoms with Crippen molar-refractivity contribution in [3.63, 3.8) is 0 Å². The van der Waals surface area contributed by atoms with Gasteiger partial charge in [0.05, 0.1) is 17.3 Å². The zero-order chi connectivity index (χ0) is 18.4. The van der Waals surface area contributed by atoms with Gasteiger partial charge in [0.15, 0.2) is 0 Å². The molecule has 0 atom stereocenters. The number of nitrogens with one attached hydrogen (secondary N) is 1. The van der Waals surface area contributed by atoms with Crippen LogP contribution in [0.1, 0.15) is 43.0 Å². The van der Waals surface area contributed by atoms with E-state index in [2.05, 4.69) is 17.1 Å². The van der Waals surface area contributed by atoms with E-state index in [-0.39, 0.29) is 5.91 Å². The number of hydrogen-bond acceptors (Lipinski definition) is 3. The van der Waals surface area contributed by atoms with Gasteiger partial charge in [-0.25, -0.2) is 0 Å². The van der Waals surface area contributed by atoms with Crippen LogP contribution in [0.3, 0.4) is 0 Å². The van der Waals surface area contributed by atoms with E-state index in [1.165, 1.54) is 19.3 Å². The van der Waals surface area contributed by atoms with E-state index in [1.54, 1.807) is 12.1 Å². The summed E-state index contributed by atoms with van der Waals surface area (Å²) in [4.78, 5) is 14.7. The van der Waals surface area contributed by atoms with E-state index in [9.17, 15) is 4.79 Å². The molecule has 26 heavy (non-hydrogen) atoms. The molecule has 2 aromatic carbocycles. The van der Waals surface area contributed by atoms with Crippen LogP contribution in [0.4, 0.5) is 11.4 Å². The smallest absolute Gasteiger partial charge is 0.255 e. The van der Waals surface area contributed by atoms with Crippen LogP contribution in [-0.4, -0.2) is 25.6 Å². The number of rotatable bonds is 6. The Morgan fingerprint density at radius 3 is 2.50 bits per heavy atom. The topological polar surface area (TPSA) is 41.6 Å². The second-order valence-corrected chi connectivity index (χ2v) is 6.95. The highest BCUT2D eigenvalue weighted by Crippen LogP contribution is 2.31. The van der Waals surface area contributed by atoms with Gasteiger partial charge in [0.25, 0.3) is 5.91 Å². The number of piperidine rings is 1. The van der Waals surface area contributed by atoms with Gasteiger partial charge >= 0.3 is 0 Å². The molecule has 1 N–H and O–H groups in total. The average molecular weight is 373 g/mol. The molecule has 1 aliphatic heterocycles. The van der Waals surface area contributed by atoms with Gasteiger partial charge in [-0.15, -0.1) is 0 Å².